The van der Waals surface area contributed by atoms with Gasteiger partial charge in [0, 0.05) is 6.61 Å². The van der Waals surface area contributed by atoms with Crippen molar-refractivity contribution in [3.8, 4) is 0 Å². The summed E-state index contributed by atoms with van der Waals surface area (Å²) >= 11 is 0. The van der Waals surface area contributed by atoms with Crippen molar-refractivity contribution in [3.05, 3.63) is 0 Å². The van der Waals surface area contributed by atoms with E-state index in [4.69, 9.17) is 4.74 Å². The fraction of sp³-hybridized carbons (Fsp3) is 0.900. The summed E-state index contributed by atoms with van der Waals surface area (Å²) in [4.78, 5) is 13.5. The molecule has 0 aromatic heterocycles. The summed E-state index contributed by atoms with van der Waals surface area (Å²) in [6.45, 7) is 6.22. The fourth-order valence-electron chi connectivity index (χ4n) is 2.19. The molecule has 2 heterocycles. The van der Waals surface area contributed by atoms with Gasteiger partial charge < -0.3 is 9.64 Å². The quantitative estimate of drug-likeness (QED) is 0.695. The first-order valence-corrected chi connectivity index (χ1v) is 5.27. The summed E-state index contributed by atoms with van der Waals surface area (Å²) in [5.74, 6) is 0.196. The highest BCUT2D eigenvalue weighted by Gasteiger charge is 2.36. The van der Waals surface area contributed by atoms with E-state index in [9.17, 15) is 4.79 Å². The van der Waals surface area contributed by atoms with Crippen LogP contribution in [0.4, 0.5) is 0 Å². The van der Waals surface area contributed by atoms with Gasteiger partial charge in [-0.05, 0) is 26.7 Å². The second-order valence-corrected chi connectivity index (χ2v) is 4.52. The minimum absolute atomic E-state index is 0.0278. The van der Waals surface area contributed by atoms with E-state index in [0.717, 1.165) is 26.0 Å². The summed E-state index contributed by atoms with van der Waals surface area (Å²) in [6.07, 6.45) is 2.17. The normalized spacial score (nSPS) is 38.3. The van der Waals surface area contributed by atoms with Gasteiger partial charge in [0.2, 0.25) is 5.91 Å². The number of hydrogen-bond donors (Lipinski definition) is 1. The van der Waals surface area contributed by atoms with Crippen LogP contribution in [0.3, 0.4) is 0 Å². The van der Waals surface area contributed by atoms with Crippen LogP contribution in [0.1, 0.15) is 26.7 Å². The summed E-state index contributed by atoms with van der Waals surface area (Å²) in [7, 11) is 0. The molecule has 2 atom stereocenters. The van der Waals surface area contributed by atoms with E-state index >= 15 is 0 Å². The standard InChI is InChI=1S/C10H18N2O2/c1-8-9(13)12(7-11-8)6-10(2)4-3-5-14-10/h8,11H,3-7H2,1-2H3. The second-order valence-electron chi connectivity index (χ2n) is 4.52. The van der Waals surface area contributed by atoms with E-state index < -0.39 is 0 Å². The van der Waals surface area contributed by atoms with Gasteiger partial charge in [0.15, 0.2) is 0 Å². The van der Waals surface area contributed by atoms with Crippen molar-refractivity contribution in [1.82, 2.24) is 10.2 Å². The van der Waals surface area contributed by atoms with Crippen molar-refractivity contribution in [2.45, 2.75) is 38.3 Å². The first-order valence-electron chi connectivity index (χ1n) is 5.27. The Kier molecular flexibility index (Phi) is 2.49. The molecule has 0 aromatic rings. The average Bonchev–Trinajstić information content (AvgIpc) is 2.68. The number of hydrogen-bond acceptors (Lipinski definition) is 3. The smallest absolute Gasteiger partial charge is 0.240 e. The Hall–Kier alpha value is -0.610. The molecule has 1 N–H and O–H groups in total. The summed E-state index contributed by atoms with van der Waals surface area (Å²) in [5, 5.41) is 3.13. The molecule has 0 radical (unpaired) electrons. The van der Waals surface area contributed by atoms with Crippen LogP contribution in [0.25, 0.3) is 0 Å². The lowest BCUT2D eigenvalue weighted by molar-refractivity contribution is -0.131. The predicted molar refractivity (Wildman–Crippen MR) is 52.8 cm³/mol. The topological polar surface area (TPSA) is 41.6 Å². The lowest BCUT2D eigenvalue weighted by Gasteiger charge is -2.28. The van der Waals surface area contributed by atoms with Crippen LogP contribution in [0, 0.1) is 0 Å². The Labute approximate surface area is 84.6 Å². The number of rotatable bonds is 2. The zero-order valence-corrected chi connectivity index (χ0v) is 8.88. The third kappa shape index (κ3) is 1.77. The van der Waals surface area contributed by atoms with Gasteiger partial charge in [-0.15, -0.1) is 0 Å². The monoisotopic (exact) mass is 198 g/mol. The molecule has 2 aliphatic heterocycles. The van der Waals surface area contributed by atoms with Crippen LogP contribution in [0.15, 0.2) is 0 Å². The van der Waals surface area contributed by atoms with Gasteiger partial charge in [0.05, 0.1) is 24.9 Å². The van der Waals surface area contributed by atoms with Gasteiger partial charge in [-0.1, -0.05) is 0 Å². The number of nitrogens with one attached hydrogen (secondary N) is 1. The zero-order valence-electron chi connectivity index (χ0n) is 8.88. The molecule has 0 bridgehead atoms. The summed E-state index contributed by atoms with van der Waals surface area (Å²) in [6, 6.07) is -0.0278. The molecule has 2 rings (SSSR count). The van der Waals surface area contributed by atoms with Crippen molar-refractivity contribution in [1.29, 1.82) is 0 Å². The van der Waals surface area contributed by atoms with E-state index in [-0.39, 0.29) is 17.6 Å². The van der Waals surface area contributed by atoms with Crippen molar-refractivity contribution in [2.75, 3.05) is 19.8 Å². The molecule has 4 nitrogen and oxygen atoms in total. The van der Waals surface area contributed by atoms with Crippen molar-refractivity contribution in [3.63, 3.8) is 0 Å². The van der Waals surface area contributed by atoms with Crippen LogP contribution >= 0.6 is 0 Å². The molecular formula is C10H18N2O2. The van der Waals surface area contributed by atoms with Gasteiger partial charge >= 0.3 is 0 Å². The van der Waals surface area contributed by atoms with E-state index in [1.54, 1.807) is 0 Å². The molecular weight excluding hydrogens is 180 g/mol. The van der Waals surface area contributed by atoms with E-state index in [1.807, 2.05) is 11.8 Å². The van der Waals surface area contributed by atoms with Gasteiger partial charge in [0.25, 0.3) is 0 Å². The molecule has 2 aliphatic rings. The first-order chi connectivity index (χ1) is 6.61. The minimum atomic E-state index is -0.110. The van der Waals surface area contributed by atoms with Gasteiger partial charge in [0.1, 0.15) is 0 Å². The largest absolute Gasteiger partial charge is 0.373 e. The van der Waals surface area contributed by atoms with Crippen molar-refractivity contribution >= 4 is 5.91 Å². The molecule has 0 spiro atoms. The Morgan fingerprint density at radius 3 is 3.00 bits per heavy atom. The molecule has 0 saturated carbocycles. The Morgan fingerprint density at radius 1 is 1.71 bits per heavy atom. The maximum absolute atomic E-state index is 11.6. The van der Waals surface area contributed by atoms with E-state index in [2.05, 4.69) is 12.2 Å². The third-order valence-corrected chi connectivity index (χ3v) is 3.10. The number of carbonyl (C=O) groups excluding carboxylic acids is 1. The number of amides is 1. The maximum atomic E-state index is 11.6. The minimum Gasteiger partial charge on any atom is -0.373 e. The number of nitrogens with zero attached hydrogens (tertiary/aromatic N) is 1. The average molecular weight is 198 g/mol. The molecule has 2 fully saturated rings. The highest BCUT2D eigenvalue weighted by molar-refractivity contribution is 5.83. The predicted octanol–water partition coefficient (Wildman–Crippen LogP) is 0.333. The Morgan fingerprint density at radius 2 is 2.50 bits per heavy atom. The van der Waals surface area contributed by atoms with E-state index in [1.165, 1.54) is 0 Å². The molecule has 14 heavy (non-hydrogen) atoms. The number of carbonyl (C=O) groups is 1. The van der Waals surface area contributed by atoms with Crippen LogP contribution in [0.2, 0.25) is 0 Å². The molecule has 2 saturated heterocycles. The van der Waals surface area contributed by atoms with Crippen LogP contribution < -0.4 is 5.32 Å². The molecule has 2 unspecified atom stereocenters. The van der Waals surface area contributed by atoms with Gasteiger partial charge in [-0.25, -0.2) is 0 Å². The lowest BCUT2D eigenvalue weighted by atomic mass is 10.0. The molecule has 1 amide bonds. The van der Waals surface area contributed by atoms with Crippen molar-refractivity contribution in [2.24, 2.45) is 0 Å². The molecule has 80 valence electrons. The zero-order chi connectivity index (χ0) is 10.2. The molecule has 0 aliphatic carbocycles. The van der Waals surface area contributed by atoms with Gasteiger partial charge in [-0.3, -0.25) is 10.1 Å². The summed E-state index contributed by atoms with van der Waals surface area (Å²) < 4.78 is 5.66. The fourth-order valence-corrected chi connectivity index (χ4v) is 2.19. The Balaban J connectivity index is 1.94. The highest BCUT2D eigenvalue weighted by Crippen LogP contribution is 2.26. The number of ether oxygens (including phenoxy) is 1. The molecule has 4 heteroatoms. The highest BCUT2D eigenvalue weighted by atomic mass is 16.5. The lowest BCUT2D eigenvalue weighted by Crippen LogP contribution is -2.42. The van der Waals surface area contributed by atoms with E-state index in [0.29, 0.717) is 6.67 Å². The maximum Gasteiger partial charge on any atom is 0.240 e. The second kappa shape index (κ2) is 3.51. The molecule has 0 aromatic carbocycles. The van der Waals surface area contributed by atoms with Crippen LogP contribution in [0.5, 0.6) is 0 Å². The van der Waals surface area contributed by atoms with Crippen LogP contribution in [-0.4, -0.2) is 42.3 Å². The summed E-state index contributed by atoms with van der Waals surface area (Å²) in [5.41, 5.74) is -0.110. The van der Waals surface area contributed by atoms with Gasteiger partial charge in [-0.2, -0.15) is 0 Å². The van der Waals surface area contributed by atoms with Crippen molar-refractivity contribution < 1.29 is 9.53 Å². The Bertz CT molecular complexity index is 236. The first kappa shape index (κ1) is 9.93. The third-order valence-electron chi connectivity index (χ3n) is 3.10. The SMILES string of the molecule is CC1NCN(CC2(C)CCCO2)C1=O. The van der Waals surface area contributed by atoms with Crippen LogP contribution in [-0.2, 0) is 9.53 Å².